The van der Waals surface area contributed by atoms with E-state index in [2.05, 4.69) is 33.9 Å². The van der Waals surface area contributed by atoms with E-state index in [0.29, 0.717) is 5.04 Å². The molecular formula is C13H22O2Si2. The maximum atomic E-state index is 11.1. The van der Waals surface area contributed by atoms with Gasteiger partial charge in [-0.3, -0.25) is 4.79 Å². The highest BCUT2D eigenvalue weighted by molar-refractivity contribution is 6.88. The van der Waals surface area contributed by atoms with Crippen molar-refractivity contribution in [2.24, 2.45) is 0 Å². The van der Waals surface area contributed by atoms with E-state index in [-0.39, 0.29) is 0 Å². The van der Waals surface area contributed by atoms with Gasteiger partial charge >= 0.3 is 0 Å². The standard InChI is InChI=1S/C13H22O2Si2/c1-13(2,3)16-15-17(4,5)12-9-7-6-8-11(12)10-14/h6-10H,16H2,1-5H3. The van der Waals surface area contributed by atoms with E-state index in [9.17, 15) is 4.79 Å². The zero-order chi connectivity index (χ0) is 13.1. The summed E-state index contributed by atoms with van der Waals surface area (Å²) in [6.45, 7) is 11.0. The zero-order valence-corrected chi connectivity index (χ0v) is 13.8. The van der Waals surface area contributed by atoms with Crippen LogP contribution in [0, 0.1) is 0 Å². The molecule has 0 spiro atoms. The molecule has 0 bridgehead atoms. The normalized spacial score (nSPS) is 13.2. The van der Waals surface area contributed by atoms with Crippen molar-refractivity contribution in [2.75, 3.05) is 0 Å². The van der Waals surface area contributed by atoms with Gasteiger partial charge in [-0.15, -0.1) is 0 Å². The first-order chi connectivity index (χ1) is 7.76. The van der Waals surface area contributed by atoms with Gasteiger partial charge in [-0.1, -0.05) is 45.0 Å². The summed E-state index contributed by atoms with van der Waals surface area (Å²) in [5, 5.41) is 1.41. The molecule has 94 valence electrons. The zero-order valence-electron chi connectivity index (χ0n) is 11.4. The Bertz CT molecular complexity index is 395. The molecule has 1 rings (SSSR count). The van der Waals surface area contributed by atoms with Crippen LogP contribution in [0.4, 0.5) is 0 Å². The second-order valence-electron chi connectivity index (χ2n) is 6.06. The van der Waals surface area contributed by atoms with Crippen molar-refractivity contribution in [3.63, 3.8) is 0 Å². The lowest BCUT2D eigenvalue weighted by Crippen LogP contribution is -2.48. The van der Waals surface area contributed by atoms with Gasteiger partial charge in [-0.25, -0.2) is 0 Å². The van der Waals surface area contributed by atoms with E-state index in [1.165, 1.54) is 0 Å². The van der Waals surface area contributed by atoms with Crippen LogP contribution in [0.5, 0.6) is 0 Å². The maximum Gasteiger partial charge on any atom is 0.206 e. The van der Waals surface area contributed by atoms with E-state index < -0.39 is 18.1 Å². The smallest absolute Gasteiger partial charge is 0.206 e. The first-order valence-corrected chi connectivity index (χ1v) is 10.1. The Kier molecular flexibility index (Phi) is 4.46. The Balaban J connectivity index is 2.92. The highest BCUT2D eigenvalue weighted by Gasteiger charge is 2.29. The molecule has 0 saturated carbocycles. The van der Waals surface area contributed by atoms with Crippen molar-refractivity contribution in [1.29, 1.82) is 0 Å². The Morgan fingerprint density at radius 3 is 2.35 bits per heavy atom. The highest BCUT2D eigenvalue weighted by atomic mass is 28.4. The number of rotatable bonds is 4. The molecule has 0 aliphatic heterocycles. The van der Waals surface area contributed by atoms with E-state index in [4.69, 9.17) is 4.12 Å². The molecule has 2 nitrogen and oxygen atoms in total. The highest BCUT2D eigenvalue weighted by Crippen LogP contribution is 2.22. The van der Waals surface area contributed by atoms with Crippen LogP contribution in [0.25, 0.3) is 0 Å². The largest absolute Gasteiger partial charge is 0.457 e. The molecule has 0 atom stereocenters. The van der Waals surface area contributed by atoms with Crippen molar-refractivity contribution in [3.8, 4) is 0 Å². The van der Waals surface area contributed by atoms with Gasteiger partial charge in [0.25, 0.3) is 0 Å². The fourth-order valence-corrected chi connectivity index (χ4v) is 6.76. The van der Waals surface area contributed by atoms with Crippen LogP contribution >= 0.6 is 0 Å². The van der Waals surface area contributed by atoms with Crippen LogP contribution in [0.15, 0.2) is 24.3 Å². The van der Waals surface area contributed by atoms with Crippen molar-refractivity contribution in [1.82, 2.24) is 0 Å². The number of hydrogen-bond acceptors (Lipinski definition) is 2. The predicted octanol–water partition coefficient (Wildman–Crippen LogP) is 2.23. The van der Waals surface area contributed by atoms with E-state index in [1.807, 2.05) is 24.3 Å². The summed E-state index contributed by atoms with van der Waals surface area (Å²) < 4.78 is 6.24. The molecule has 1 aromatic carbocycles. The van der Waals surface area contributed by atoms with Gasteiger partial charge < -0.3 is 4.12 Å². The van der Waals surface area contributed by atoms with E-state index >= 15 is 0 Å². The average Bonchev–Trinajstić information content (AvgIpc) is 2.26. The fraction of sp³-hybridized carbons (Fsp3) is 0.462. The lowest BCUT2D eigenvalue weighted by Gasteiger charge is -2.29. The topological polar surface area (TPSA) is 26.3 Å². The fourth-order valence-electron chi connectivity index (χ4n) is 1.62. The molecule has 0 saturated heterocycles. The minimum Gasteiger partial charge on any atom is -0.457 e. The van der Waals surface area contributed by atoms with Gasteiger partial charge in [0.15, 0.2) is 9.76 Å². The predicted molar refractivity (Wildman–Crippen MR) is 78.3 cm³/mol. The van der Waals surface area contributed by atoms with Gasteiger partial charge in [-0.2, -0.15) is 0 Å². The number of benzene rings is 1. The van der Waals surface area contributed by atoms with Crippen LogP contribution in [-0.2, 0) is 4.12 Å². The molecule has 0 heterocycles. The maximum absolute atomic E-state index is 11.1. The molecule has 1 aromatic rings. The van der Waals surface area contributed by atoms with Crippen molar-refractivity contribution in [2.45, 2.75) is 38.9 Å². The summed E-state index contributed by atoms with van der Waals surface area (Å²) in [4.78, 5) is 11.1. The second-order valence-corrected chi connectivity index (χ2v) is 13.2. The molecule has 0 aromatic heterocycles. The van der Waals surface area contributed by atoms with Crippen LogP contribution in [-0.4, -0.2) is 24.4 Å². The SMILES string of the molecule is CC(C)(C)[SiH2]O[Si](C)(C)c1ccccc1C=O. The van der Waals surface area contributed by atoms with Gasteiger partial charge in [0, 0.05) is 5.56 Å². The van der Waals surface area contributed by atoms with E-state index in [0.717, 1.165) is 17.0 Å². The van der Waals surface area contributed by atoms with Crippen LogP contribution < -0.4 is 5.19 Å². The Morgan fingerprint density at radius 1 is 1.24 bits per heavy atom. The summed E-state index contributed by atoms with van der Waals surface area (Å²) in [5.74, 6) is 0. The molecule has 0 fully saturated rings. The minimum absolute atomic E-state index is 0.292. The quantitative estimate of drug-likeness (QED) is 0.617. The summed E-state index contributed by atoms with van der Waals surface area (Å²) in [5.41, 5.74) is 0.784. The number of hydrogen-bond donors (Lipinski definition) is 0. The molecular weight excluding hydrogens is 244 g/mol. The molecule has 0 amide bonds. The summed E-state index contributed by atoms with van der Waals surface area (Å²) in [7, 11) is -2.50. The summed E-state index contributed by atoms with van der Waals surface area (Å²) >= 11 is 0. The summed E-state index contributed by atoms with van der Waals surface area (Å²) in [6, 6.07) is 7.80. The Hall–Kier alpha value is -0.716. The lowest BCUT2D eigenvalue weighted by atomic mass is 10.2. The molecule has 0 N–H and O–H groups in total. The van der Waals surface area contributed by atoms with Crippen molar-refractivity contribution in [3.05, 3.63) is 29.8 Å². The lowest BCUT2D eigenvalue weighted by molar-refractivity contribution is 0.112. The third kappa shape index (κ3) is 4.22. The Morgan fingerprint density at radius 2 is 1.82 bits per heavy atom. The Labute approximate surface area is 107 Å². The first kappa shape index (κ1) is 14.3. The van der Waals surface area contributed by atoms with Crippen LogP contribution in [0.3, 0.4) is 0 Å². The van der Waals surface area contributed by atoms with Gasteiger partial charge in [0.05, 0.1) is 0 Å². The van der Waals surface area contributed by atoms with Gasteiger partial charge in [0.1, 0.15) is 6.29 Å². The molecule has 4 heteroatoms. The number of carbonyl (C=O) groups excluding carboxylic acids is 1. The third-order valence-electron chi connectivity index (χ3n) is 2.60. The first-order valence-electron chi connectivity index (χ1n) is 5.95. The molecule has 0 radical (unpaired) electrons. The van der Waals surface area contributed by atoms with Crippen molar-refractivity contribution >= 4 is 29.6 Å². The third-order valence-corrected chi connectivity index (χ3v) is 8.69. The van der Waals surface area contributed by atoms with Crippen LogP contribution in [0.2, 0.25) is 18.1 Å². The number of carbonyl (C=O) groups is 1. The molecule has 0 aliphatic carbocycles. The molecule has 17 heavy (non-hydrogen) atoms. The van der Waals surface area contributed by atoms with Gasteiger partial charge in [0.2, 0.25) is 8.32 Å². The second kappa shape index (κ2) is 5.29. The average molecular weight is 266 g/mol. The minimum atomic E-state index is -1.92. The van der Waals surface area contributed by atoms with Crippen molar-refractivity contribution < 1.29 is 8.91 Å². The summed E-state index contributed by atoms with van der Waals surface area (Å²) in [6.07, 6.45) is 0.937. The molecule has 0 aliphatic rings. The number of aldehydes is 1. The van der Waals surface area contributed by atoms with Crippen LogP contribution in [0.1, 0.15) is 31.1 Å². The van der Waals surface area contributed by atoms with Gasteiger partial charge in [-0.05, 0) is 23.3 Å². The monoisotopic (exact) mass is 266 g/mol. The molecule has 0 unspecified atom stereocenters. The van der Waals surface area contributed by atoms with E-state index in [1.54, 1.807) is 0 Å².